The highest BCUT2D eigenvalue weighted by Crippen LogP contribution is 2.24. The summed E-state index contributed by atoms with van der Waals surface area (Å²) in [6.45, 7) is 0. The van der Waals surface area contributed by atoms with Crippen LogP contribution in [0.15, 0.2) is 18.2 Å². The second-order valence-corrected chi connectivity index (χ2v) is 3.68. The van der Waals surface area contributed by atoms with Gasteiger partial charge in [-0.1, -0.05) is 0 Å². The fourth-order valence-corrected chi connectivity index (χ4v) is 1.30. The van der Waals surface area contributed by atoms with Crippen LogP contribution < -0.4 is 16.8 Å². The van der Waals surface area contributed by atoms with Crippen LogP contribution in [-0.4, -0.2) is 22.8 Å². The molecule has 1 aromatic rings. The Kier molecular flexibility index (Phi) is 4.48. The Bertz CT molecular complexity index is 534. The van der Waals surface area contributed by atoms with Gasteiger partial charge in [0.05, 0.1) is 17.4 Å². The molecule has 0 aromatic heterocycles. The van der Waals surface area contributed by atoms with E-state index in [0.29, 0.717) is 0 Å². The number of halogens is 1. The molecule has 5 N–H and O–H groups in total. The molecule has 0 spiro atoms. The summed E-state index contributed by atoms with van der Waals surface area (Å²) in [6, 6.07) is 1.31. The second-order valence-electron chi connectivity index (χ2n) is 3.68. The van der Waals surface area contributed by atoms with Crippen molar-refractivity contribution in [3.05, 3.63) is 34.1 Å². The minimum atomic E-state index is -1.26. The first kappa shape index (κ1) is 14.5. The van der Waals surface area contributed by atoms with Crippen molar-refractivity contribution in [2.24, 2.45) is 11.5 Å². The zero-order valence-electron chi connectivity index (χ0n) is 9.63. The third kappa shape index (κ3) is 4.00. The normalized spacial score (nSPS) is 11.7. The number of hydrogen-bond donors (Lipinski definition) is 3. The van der Waals surface area contributed by atoms with Gasteiger partial charge in [0.15, 0.2) is 0 Å². The van der Waals surface area contributed by atoms with E-state index in [4.69, 9.17) is 11.5 Å². The summed E-state index contributed by atoms with van der Waals surface area (Å²) in [7, 11) is 0. The minimum Gasteiger partial charge on any atom is -0.370 e. The van der Waals surface area contributed by atoms with E-state index in [-0.39, 0.29) is 5.69 Å². The lowest BCUT2D eigenvalue weighted by atomic mass is 10.2. The van der Waals surface area contributed by atoms with Gasteiger partial charge in [-0.15, -0.1) is 0 Å². The summed E-state index contributed by atoms with van der Waals surface area (Å²) in [4.78, 5) is 32.0. The van der Waals surface area contributed by atoms with Crippen LogP contribution >= 0.6 is 0 Å². The highest BCUT2D eigenvalue weighted by atomic mass is 19.1. The SMILES string of the molecule is NC(=O)CC(N)C(=O)Nc1cc(F)ccc1[N+](=O)[O-]. The lowest BCUT2D eigenvalue weighted by molar-refractivity contribution is -0.384. The lowest BCUT2D eigenvalue weighted by Crippen LogP contribution is -2.39. The Morgan fingerprint density at radius 1 is 1.47 bits per heavy atom. The van der Waals surface area contributed by atoms with E-state index in [2.05, 4.69) is 5.32 Å². The van der Waals surface area contributed by atoms with Gasteiger partial charge in [-0.2, -0.15) is 0 Å². The van der Waals surface area contributed by atoms with Gasteiger partial charge >= 0.3 is 0 Å². The van der Waals surface area contributed by atoms with Crippen molar-refractivity contribution in [3.8, 4) is 0 Å². The average Bonchev–Trinajstić information content (AvgIpc) is 2.27. The number of nitrogens with one attached hydrogen (secondary N) is 1. The molecule has 102 valence electrons. The van der Waals surface area contributed by atoms with E-state index >= 15 is 0 Å². The van der Waals surface area contributed by atoms with Crippen LogP contribution in [0.25, 0.3) is 0 Å². The van der Waals surface area contributed by atoms with Crippen LogP contribution in [0.3, 0.4) is 0 Å². The van der Waals surface area contributed by atoms with Gasteiger partial charge in [-0.25, -0.2) is 4.39 Å². The monoisotopic (exact) mass is 270 g/mol. The molecule has 0 radical (unpaired) electrons. The van der Waals surface area contributed by atoms with E-state index in [1.165, 1.54) is 0 Å². The van der Waals surface area contributed by atoms with Gasteiger partial charge in [0.1, 0.15) is 11.5 Å². The van der Waals surface area contributed by atoms with Gasteiger partial charge in [0, 0.05) is 12.1 Å². The van der Waals surface area contributed by atoms with Crippen molar-refractivity contribution in [2.75, 3.05) is 5.32 Å². The highest BCUT2D eigenvalue weighted by molar-refractivity contribution is 5.98. The molecule has 1 unspecified atom stereocenters. The molecule has 8 nitrogen and oxygen atoms in total. The van der Waals surface area contributed by atoms with Crippen molar-refractivity contribution in [2.45, 2.75) is 12.5 Å². The Hall–Kier alpha value is -2.55. The quantitative estimate of drug-likeness (QED) is 0.505. The van der Waals surface area contributed by atoms with Crippen LogP contribution in [0.5, 0.6) is 0 Å². The molecular weight excluding hydrogens is 259 g/mol. The zero-order valence-corrected chi connectivity index (χ0v) is 9.63. The number of carbonyl (C=O) groups excluding carboxylic acids is 2. The molecule has 0 aliphatic rings. The minimum absolute atomic E-state index is 0.338. The largest absolute Gasteiger partial charge is 0.370 e. The van der Waals surface area contributed by atoms with Crippen molar-refractivity contribution >= 4 is 23.2 Å². The number of primary amides is 1. The van der Waals surface area contributed by atoms with Crippen LogP contribution in [0.4, 0.5) is 15.8 Å². The molecule has 0 saturated heterocycles. The number of amides is 2. The molecule has 1 atom stereocenters. The Labute approximate surface area is 106 Å². The number of nitrogens with zero attached hydrogens (tertiary/aromatic N) is 1. The first-order chi connectivity index (χ1) is 8.81. The summed E-state index contributed by atoms with van der Waals surface area (Å²) in [5.74, 6) is -2.42. The number of carbonyl (C=O) groups is 2. The predicted molar refractivity (Wildman–Crippen MR) is 63.5 cm³/mol. The average molecular weight is 270 g/mol. The number of rotatable bonds is 5. The maximum Gasteiger partial charge on any atom is 0.292 e. The number of nitro benzene ring substituents is 1. The van der Waals surface area contributed by atoms with Gasteiger partial charge < -0.3 is 16.8 Å². The summed E-state index contributed by atoms with van der Waals surface area (Å²) < 4.78 is 13.0. The maximum absolute atomic E-state index is 13.0. The Balaban J connectivity index is 2.92. The van der Waals surface area contributed by atoms with Crippen LogP contribution in [0.2, 0.25) is 0 Å². The van der Waals surface area contributed by atoms with Gasteiger partial charge in [-0.05, 0) is 6.07 Å². The smallest absolute Gasteiger partial charge is 0.292 e. The van der Waals surface area contributed by atoms with E-state index in [1.807, 2.05) is 0 Å². The van der Waals surface area contributed by atoms with E-state index < -0.39 is 40.7 Å². The molecule has 1 rings (SSSR count). The molecule has 0 aliphatic carbocycles. The molecule has 0 heterocycles. The topological polar surface area (TPSA) is 141 Å². The number of benzene rings is 1. The lowest BCUT2D eigenvalue weighted by Gasteiger charge is -2.10. The predicted octanol–water partition coefficient (Wildman–Crippen LogP) is -0.125. The van der Waals surface area contributed by atoms with Crippen LogP contribution in [-0.2, 0) is 9.59 Å². The van der Waals surface area contributed by atoms with Crippen molar-refractivity contribution in [1.29, 1.82) is 0 Å². The summed E-state index contributed by atoms with van der Waals surface area (Å²) in [6.07, 6.45) is -0.422. The van der Waals surface area contributed by atoms with Crippen LogP contribution in [0, 0.1) is 15.9 Å². The van der Waals surface area contributed by atoms with E-state index in [0.717, 1.165) is 18.2 Å². The van der Waals surface area contributed by atoms with E-state index in [1.54, 1.807) is 0 Å². The number of anilines is 1. The Morgan fingerprint density at radius 3 is 2.63 bits per heavy atom. The first-order valence-electron chi connectivity index (χ1n) is 5.10. The highest BCUT2D eigenvalue weighted by Gasteiger charge is 2.21. The zero-order chi connectivity index (χ0) is 14.6. The number of nitro groups is 1. The summed E-state index contributed by atoms with van der Waals surface area (Å²) in [5, 5.41) is 12.8. The van der Waals surface area contributed by atoms with Crippen molar-refractivity contribution in [3.63, 3.8) is 0 Å². The molecule has 1 aromatic carbocycles. The molecule has 2 amide bonds. The fourth-order valence-electron chi connectivity index (χ4n) is 1.30. The third-order valence-electron chi connectivity index (χ3n) is 2.17. The Morgan fingerprint density at radius 2 is 2.11 bits per heavy atom. The molecule has 0 saturated carbocycles. The fraction of sp³-hybridized carbons (Fsp3) is 0.200. The van der Waals surface area contributed by atoms with E-state index in [9.17, 15) is 24.1 Å². The summed E-state index contributed by atoms with van der Waals surface area (Å²) in [5.41, 5.74) is 9.39. The number of nitrogens with two attached hydrogens (primary N) is 2. The molecule has 9 heteroatoms. The molecule has 0 fully saturated rings. The van der Waals surface area contributed by atoms with Crippen molar-refractivity contribution in [1.82, 2.24) is 0 Å². The second kappa shape index (κ2) is 5.87. The van der Waals surface area contributed by atoms with Gasteiger partial charge in [-0.3, -0.25) is 19.7 Å². The molecule has 0 bridgehead atoms. The van der Waals surface area contributed by atoms with Gasteiger partial charge in [0.25, 0.3) is 5.69 Å². The molecule has 19 heavy (non-hydrogen) atoms. The summed E-state index contributed by atoms with van der Waals surface area (Å²) >= 11 is 0. The van der Waals surface area contributed by atoms with Gasteiger partial charge in [0.2, 0.25) is 11.8 Å². The maximum atomic E-state index is 13.0. The van der Waals surface area contributed by atoms with Crippen LogP contribution in [0.1, 0.15) is 6.42 Å². The van der Waals surface area contributed by atoms with Crippen molar-refractivity contribution < 1.29 is 18.9 Å². The third-order valence-corrected chi connectivity index (χ3v) is 2.17. The number of hydrogen-bond acceptors (Lipinski definition) is 5. The molecule has 0 aliphatic heterocycles. The molecular formula is C10H11FN4O4. The standard InChI is InChI=1S/C10H11FN4O4/c11-5-1-2-8(15(18)19)7(3-5)14-10(17)6(12)4-9(13)16/h1-3,6H,4,12H2,(H2,13,16)(H,14,17). The first-order valence-corrected chi connectivity index (χ1v) is 5.10.